The average molecular weight is 225 g/mol. The van der Waals surface area contributed by atoms with Crippen LogP contribution in [0.1, 0.15) is 78.6 Å². The van der Waals surface area contributed by atoms with Gasteiger partial charge in [0.15, 0.2) is 0 Å². The van der Waals surface area contributed by atoms with E-state index < -0.39 is 0 Å². The van der Waals surface area contributed by atoms with Gasteiger partial charge in [0.05, 0.1) is 0 Å². The number of hydrogen-bond donors (Lipinski definition) is 0. The van der Waals surface area contributed by atoms with Crippen molar-refractivity contribution in [1.82, 2.24) is 0 Å². The summed E-state index contributed by atoms with van der Waals surface area (Å²) in [7, 11) is 0. The molecule has 0 nitrogen and oxygen atoms in total. The normalized spacial score (nSPS) is 11.2. The van der Waals surface area contributed by atoms with Gasteiger partial charge in [0.25, 0.3) is 0 Å². The molecule has 0 radical (unpaired) electrons. The Hall–Kier alpha value is 0.0649. The van der Waals surface area contributed by atoms with Crippen molar-refractivity contribution in [2.75, 3.05) is 0 Å². The summed E-state index contributed by atoms with van der Waals surface area (Å²) in [6.07, 6.45) is 17.8. The highest BCUT2D eigenvalue weighted by Gasteiger charge is 2.02. The molecule has 98 valence electrons. The van der Waals surface area contributed by atoms with Crippen molar-refractivity contribution in [1.29, 1.82) is 0 Å². The lowest BCUT2D eigenvalue weighted by Gasteiger charge is -2.21. The molecule has 0 fully saturated rings. The maximum atomic E-state index is 2.32. The zero-order valence-electron chi connectivity index (χ0n) is 12.2. The molecular weight excluding hydrogens is 191 g/mol. The Labute approximate surface area is 105 Å². The summed E-state index contributed by atoms with van der Waals surface area (Å²) in [4.78, 5) is 0. The van der Waals surface area contributed by atoms with E-state index in [2.05, 4.69) is 20.8 Å². The van der Waals surface area contributed by atoms with Crippen LogP contribution in [0.3, 0.4) is 0 Å². The van der Waals surface area contributed by atoms with Crippen LogP contribution >= 0.6 is 0 Å². The first-order valence-electron chi connectivity index (χ1n) is 8.12. The van der Waals surface area contributed by atoms with Gasteiger partial charge < -0.3 is 0 Å². The minimum Gasteiger partial charge on any atom is -0.181 e. The summed E-state index contributed by atoms with van der Waals surface area (Å²) in [5, 5.41) is 0. The molecule has 0 spiro atoms. The van der Waals surface area contributed by atoms with E-state index in [-0.39, 0.29) is 6.71 Å². The molecule has 0 aliphatic heterocycles. The fraction of sp³-hybridized carbons (Fsp3) is 1.00. The molecule has 0 saturated heterocycles. The van der Waals surface area contributed by atoms with Crippen LogP contribution in [0.2, 0.25) is 19.0 Å². The van der Waals surface area contributed by atoms with Crippen LogP contribution in [-0.2, 0) is 0 Å². The summed E-state index contributed by atoms with van der Waals surface area (Å²) in [6.45, 7) is 7.18. The van der Waals surface area contributed by atoms with Crippen molar-refractivity contribution in [2.24, 2.45) is 0 Å². The Morgan fingerprint density at radius 2 is 0.812 bits per heavy atom. The molecule has 0 aliphatic rings. The minimum atomic E-state index is 0.221. The van der Waals surface area contributed by atoms with E-state index >= 15 is 0 Å². The number of hydrogen-bond acceptors (Lipinski definition) is 0. The molecule has 0 saturated carbocycles. The van der Waals surface area contributed by atoms with Crippen LogP contribution in [0.15, 0.2) is 0 Å². The molecule has 0 aromatic rings. The zero-order chi connectivity index (χ0) is 12.1. The second kappa shape index (κ2) is 13.1. The Balaban J connectivity index is 3.58. The summed E-state index contributed by atoms with van der Waals surface area (Å²) >= 11 is 0. The molecule has 16 heavy (non-hydrogen) atoms. The SMILES string of the molecule is CCCCC[BH-](CCCCC)CCCCC. The lowest BCUT2D eigenvalue weighted by atomic mass is 9.41. The molecule has 0 heterocycles. The summed E-state index contributed by atoms with van der Waals surface area (Å²) in [6, 6.07) is 0. The van der Waals surface area contributed by atoms with Crippen molar-refractivity contribution in [3.63, 3.8) is 0 Å². The second-order valence-corrected chi connectivity index (χ2v) is 5.74. The highest BCUT2D eigenvalue weighted by Crippen LogP contribution is 2.18. The van der Waals surface area contributed by atoms with Crippen molar-refractivity contribution >= 4 is 6.71 Å². The Kier molecular flexibility index (Phi) is 13.2. The first-order valence-corrected chi connectivity index (χ1v) is 8.12. The largest absolute Gasteiger partial charge is 0.181 e. The molecule has 0 aliphatic carbocycles. The van der Waals surface area contributed by atoms with Crippen LogP contribution in [0.5, 0.6) is 0 Å². The Morgan fingerprint density at radius 3 is 1.06 bits per heavy atom. The lowest BCUT2D eigenvalue weighted by molar-refractivity contribution is 0.726. The van der Waals surface area contributed by atoms with Crippen LogP contribution in [0, 0.1) is 0 Å². The van der Waals surface area contributed by atoms with E-state index in [1.165, 1.54) is 57.8 Å². The maximum absolute atomic E-state index is 2.32. The van der Waals surface area contributed by atoms with E-state index in [0.717, 1.165) is 0 Å². The molecule has 0 atom stereocenters. The van der Waals surface area contributed by atoms with Crippen LogP contribution in [-0.4, -0.2) is 6.71 Å². The van der Waals surface area contributed by atoms with E-state index in [1.807, 2.05) is 0 Å². The van der Waals surface area contributed by atoms with E-state index in [1.54, 1.807) is 19.0 Å². The summed E-state index contributed by atoms with van der Waals surface area (Å²) in [5.74, 6) is 0. The van der Waals surface area contributed by atoms with E-state index in [0.29, 0.717) is 0 Å². The third kappa shape index (κ3) is 10.6. The predicted octanol–water partition coefficient (Wildman–Crippen LogP) is 5.78. The molecule has 0 aromatic heterocycles. The van der Waals surface area contributed by atoms with Gasteiger partial charge in [-0.05, 0) is 6.71 Å². The van der Waals surface area contributed by atoms with E-state index in [9.17, 15) is 0 Å². The van der Waals surface area contributed by atoms with Gasteiger partial charge >= 0.3 is 0 Å². The number of unbranched alkanes of at least 4 members (excludes halogenated alkanes) is 6. The number of rotatable bonds is 12. The Morgan fingerprint density at radius 1 is 0.500 bits per heavy atom. The molecule has 0 rings (SSSR count). The predicted molar refractivity (Wildman–Crippen MR) is 80.1 cm³/mol. The van der Waals surface area contributed by atoms with Crippen LogP contribution < -0.4 is 0 Å². The molecule has 1 heteroatoms. The van der Waals surface area contributed by atoms with Gasteiger partial charge in [0.1, 0.15) is 0 Å². The zero-order valence-corrected chi connectivity index (χ0v) is 12.2. The summed E-state index contributed by atoms with van der Waals surface area (Å²) < 4.78 is 0. The fourth-order valence-corrected chi connectivity index (χ4v) is 2.87. The standard InChI is InChI=1S/C15H34B/c1-4-7-10-13-16(14-11-8-5-2)15-12-9-6-3/h16H,4-15H2,1-3H3/q-1. The fourth-order valence-electron chi connectivity index (χ4n) is 2.87. The first-order chi connectivity index (χ1) is 7.85. The molecular formula is C15H34B-. The average Bonchev–Trinajstić information content (AvgIpc) is 2.29. The molecule has 0 aromatic carbocycles. The molecule has 0 bridgehead atoms. The van der Waals surface area contributed by atoms with Crippen LogP contribution in [0.25, 0.3) is 0 Å². The van der Waals surface area contributed by atoms with Gasteiger partial charge in [-0.3, -0.25) is 0 Å². The van der Waals surface area contributed by atoms with Crippen molar-refractivity contribution in [3.8, 4) is 0 Å². The third-order valence-corrected chi connectivity index (χ3v) is 4.06. The smallest absolute Gasteiger partial charge is 0.0161 e. The van der Waals surface area contributed by atoms with E-state index in [4.69, 9.17) is 0 Å². The minimum absolute atomic E-state index is 0.221. The van der Waals surface area contributed by atoms with Gasteiger partial charge in [-0.15, -0.1) is 0 Å². The van der Waals surface area contributed by atoms with Gasteiger partial charge in [0.2, 0.25) is 0 Å². The first kappa shape index (κ1) is 16.1. The van der Waals surface area contributed by atoms with Crippen LogP contribution in [0.4, 0.5) is 0 Å². The monoisotopic (exact) mass is 225 g/mol. The maximum Gasteiger partial charge on any atom is -0.0161 e. The topological polar surface area (TPSA) is 0 Å². The molecule has 0 amide bonds. The highest BCUT2D eigenvalue weighted by atomic mass is 13.9. The molecule has 0 unspecified atom stereocenters. The quantitative estimate of drug-likeness (QED) is 0.291. The summed E-state index contributed by atoms with van der Waals surface area (Å²) in [5.41, 5.74) is 0. The van der Waals surface area contributed by atoms with Gasteiger partial charge in [-0.1, -0.05) is 78.6 Å². The van der Waals surface area contributed by atoms with Gasteiger partial charge in [0, 0.05) is 0 Å². The van der Waals surface area contributed by atoms with Gasteiger partial charge in [-0.25, -0.2) is 0 Å². The second-order valence-electron chi connectivity index (χ2n) is 5.74. The van der Waals surface area contributed by atoms with Crippen molar-refractivity contribution in [3.05, 3.63) is 0 Å². The van der Waals surface area contributed by atoms with Crippen molar-refractivity contribution < 1.29 is 0 Å². The third-order valence-electron chi connectivity index (χ3n) is 4.06. The Bertz CT molecular complexity index is 98.8. The molecule has 0 N–H and O–H groups in total. The van der Waals surface area contributed by atoms with Gasteiger partial charge in [-0.2, -0.15) is 19.0 Å². The highest BCUT2D eigenvalue weighted by molar-refractivity contribution is 6.58. The lowest BCUT2D eigenvalue weighted by Crippen LogP contribution is -2.11. The van der Waals surface area contributed by atoms with Crippen molar-refractivity contribution in [2.45, 2.75) is 97.5 Å².